The first-order valence-corrected chi connectivity index (χ1v) is 7.99. The van der Waals surface area contributed by atoms with Crippen LogP contribution in [-0.2, 0) is 4.79 Å². The number of aromatic nitrogens is 1. The Morgan fingerprint density at radius 1 is 1.25 bits per heavy atom. The third kappa shape index (κ3) is 6.81. The number of pyridine rings is 1. The highest BCUT2D eigenvalue weighted by Crippen LogP contribution is 2.12. The summed E-state index contributed by atoms with van der Waals surface area (Å²) in [7, 11) is 0. The Morgan fingerprint density at radius 3 is 2.46 bits per heavy atom. The number of hydrogen-bond donors (Lipinski definition) is 2. The van der Waals surface area contributed by atoms with Crippen LogP contribution in [0.1, 0.15) is 13.8 Å². The molecule has 2 heterocycles. The summed E-state index contributed by atoms with van der Waals surface area (Å²) in [6.07, 6.45) is 1.83. The number of carbonyl (C=O) groups is 1. The maximum atomic E-state index is 11.8. The van der Waals surface area contributed by atoms with Crippen molar-refractivity contribution < 1.29 is 4.79 Å². The molecule has 1 aliphatic heterocycles. The van der Waals surface area contributed by atoms with Gasteiger partial charge in [-0.05, 0) is 19.1 Å². The lowest BCUT2D eigenvalue weighted by molar-refractivity contribution is -0.124. The minimum Gasteiger partial charge on any atom is -0.354 e. The van der Waals surface area contributed by atoms with Crippen LogP contribution in [0.4, 0.5) is 5.82 Å². The predicted octanol–water partition coefficient (Wildman–Crippen LogP) is 1.15. The second-order valence-corrected chi connectivity index (χ2v) is 6.02. The van der Waals surface area contributed by atoms with E-state index in [0.29, 0.717) is 6.54 Å². The van der Waals surface area contributed by atoms with Gasteiger partial charge in [0.15, 0.2) is 0 Å². The van der Waals surface area contributed by atoms with Crippen molar-refractivity contribution in [2.75, 3.05) is 44.2 Å². The van der Waals surface area contributed by atoms with Gasteiger partial charge in [-0.25, -0.2) is 4.98 Å². The Hall–Kier alpha value is -1.08. The zero-order chi connectivity index (χ0) is 15.9. The van der Waals surface area contributed by atoms with E-state index in [1.807, 2.05) is 38.2 Å². The lowest BCUT2D eigenvalue weighted by Crippen LogP contribution is -2.51. The van der Waals surface area contributed by atoms with Crippen LogP contribution in [0, 0.1) is 5.92 Å². The Balaban J connectivity index is 0.00000264. The van der Waals surface area contributed by atoms with Crippen molar-refractivity contribution in [1.29, 1.82) is 0 Å². The number of nitrogens with two attached hydrogens (primary N) is 1. The monoisotopic (exact) mass is 377 g/mol. The molecule has 1 fully saturated rings. The van der Waals surface area contributed by atoms with Crippen molar-refractivity contribution in [1.82, 2.24) is 15.2 Å². The smallest absolute Gasteiger partial charge is 0.224 e. The molecule has 0 aromatic carbocycles. The van der Waals surface area contributed by atoms with Crippen LogP contribution >= 0.6 is 24.8 Å². The summed E-state index contributed by atoms with van der Waals surface area (Å²) in [5.41, 5.74) is 5.52. The molecule has 0 aliphatic carbocycles. The van der Waals surface area contributed by atoms with Crippen molar-refractivity contribution >= 4 is 36.5 Å². The number of nitrogens with zero attached hydrogens (tertiary/aromatic N) is 3. The minimum absolute atomic E-state index is 0. The van der Waals surface area contributed by atoms with Gasteiger partial charge in [-0.3, -0.25) is 9.69 Å². The van der Waals surface area contributed by atoms with E-state index in [1.54, 1.807) is 0 Å². The molecule has 1 saturated heterocycles. The molecule has 0 spiro atoms. The minimum atomic E-state index is -0.122. The van der Waals surface area contributed by atoms with Crippen LogP contribution in [0.2, 0.25) is 0 Å². The number of carbonyl (C=O) groups excluding carboxylic acids is 1. The number of piperazine rings is 1. The SMILES string of the molecule is CC(CN1CCN(c2ccccn2)CC1)NC(=O)C(C)CN.Cl.Cl. The third-order valence-corrected chi connectivity index (χ3v) is 4.07. The molecule has 138 valence electrons. The van der Waals surface area contributed by atoms with E-state index in [-0.39, 0.29) is 42.7 Å². The van der Waals surface area contributed by atoms with Crippen LogP contribution in [0.15, 0.2) is 24.4 Å². The molecule has 1 aromatic heterocycles. The quantitative estimate of drug-likeness (QED) is 0.777. The normalized spacial score (nSPS) is 17.2. The van der Waals surface area contributed by atoms with Crippen molar-refractivity contribution in [3.8, 4) is 0 Å². The van der Waals surface area contributed by atoms with E-state index in [1.165, 1.54) is 0 Å². The summed E-state index contributed by atoms with van der Waals surface area (Å²) < 4.78 is 0. The standard InChI is InChI=1S/C16H27N5O.2ClH/c1-13(11-17)16(22)19-14(2)12-20-7-9-21(10-8-20)15-5-3-4-6-18-15;;/h3-6,13-14H,7-12,17H2,1-2H3,(H,19,22);2*1H. The Kier molecular flexibility index (Phi) is 11.0. The van der Waals surface area contributed by atoms with E-state index in [0.717, 1.165) is 38.5 Å². The third-order valence-electron chi connectivity index (χ3n) is 4.07. The Morgan fingerprint density at radius 2 is 1.92 bits per heavy atom. The van der Waals surface area contributed by atoms with Gasteiger partial charge in [0.1, 0.15) is 5.82 Å². The number of rotatable bonds is 6. The first-order valence-electron chi connectivity index (χ1n) is 7.99. The van der Waals surface area contributed by atoms with Gasteiger partial charge >= 0.3 is 0 Å². The van der Waals surface area contributed by atoms with Gasteiger partial charge < -0.3 is 16.0 Å². The summed E-state index contributed by atoms with van der Waals surface area (Å²) in [5.74, 6) is 0.964. The molecule has 2 unspecified atom stereocenters. The van der Waals surface area contributed by atoms with Crippen LogP contribution in [-0.4, -0.2) is 61.1 Å². The molecular weight excluding hydrogens is 349 g/mol. The molecule has 0 saturated carbocycles. The fourth-order valence-electron chi connectivity index (χ4n) is 2.63. The molecule has 1 amide bonds. The Bertz CT molecular complexity index is 469. The second-order valence-electron chi connectivity index (χ2n) is 6.02. The number of nitrogens with one attached hydrogen (secondary N) is 1. The maximum Gasteiger partial charge on any atom is 0.224 e. The summed E-state index contributed by atoms with van der Waals surface area (Å²) in [6, 6.07) is 6.15. The molecule has 8 heteroatoms. The molecule has 6 nitrogen and oxygen atoms in total. The van der Waals surface area contributed by atoms with Gasteiger partial charge in [-0.1, -0.05) is 13.0 Å². The van der Waals surface area contributed by atoms with Gasteiger partial charge in [-0.15, -0.1) is 24.8 Å². The van der Waals surface area contributed by atoms with Crippen LogP contribution in [0.5, 0.6) is 0 Å². The van der Waals surface area contributed by atoms with Gasteiger partial charge in [0.2, 0.25) is 5.91 Å². The maximum absolute atomic E-state index is 11.8. The lowest BCUT2D eigenvalue weighted by Gasteiger charge is -2.36. The molecule has 1 aliphatic rings. The van der Waals surface area contributed by atoms with E-state index < -0.39 is 0 Å². The molecule has 2 atom stereocenters. The van der Waals surface area contributed by atoms with E-state index in [2.05, 4.69) is 20.1 Å². The van der Waals surface area contributed by atoms with Gasteiger partial charge in [0.05, 0.1) is 0 Å². The predicted molar refractivity (Wildman–Crippen MR) is 103 cm³/mol. The van der Waals surface area contributed by atoms with Crippen molar-refractivity contribution in [3.05, 3.63) is 24.4 Å². The van der Waals surface area contributed by atoms with E-state index in [4.69, 9.17) is 5.73 Å². The zero-order valence-corrected chi connectivity index (χ0v) is 16.0. The number of amides is 1. The highest BCUT2D eigenvalue weighted by molar-refractivity contribution is 5.85. The average Bonchev–Trinajstić information content (AvgIpc) is 2.55. The first kappa shape index (κ1) is 22.9. The van der Waals surface area contributed by atoms with E-state index in [9.17, 15) is 4.79 Å². The topological polar surface area (TPSA) is 74.5 Å². The fourth-order valence-corrected chi connectivity index (χ4v) is 2.63. The lowest BCUT2D eigenvalue weighted by atomic mass is 10.1. The summed E-state index contributed by atoms with van der Waals surface area (Å²) in [6.45, 7) is 9.08. The van der Waals surface area contributed by atoms with Crippen molar-refractivity contribution in [2.45, 2.75) is 19.9 Å². The number of anilines is 1. The second kappa shape index (κ2) is 11.5. The van der Waals surface area contributed by atoms with Crippen molar-refractivity contribution in [2.24, 2.45) is 11.7 Å². The molecule has 3 N–H and O–H groups in total. The van der Waals surface area contributed by atoms with Gasteiger partial charge in [-0.2, -0.15) is 0 Å². The Labute approximate surface area is 157 Å². The molecule has 1 aromatic rings. The van der Waals surface area contributed by atoms with Crippen molar-refractivity contribution in [3.63, 3.8) is 0 Å². The van der Waals surface area contributed by atoms with Crippen LogP contribution < -0.4 is 16.0 Å². The molecule has 0 bridgehead atoms. The molecular formula is C16H29Cl2N5O. The van der Waals surface area contributed by atoms with E-state index >= 15 is 0 Å². The highest BCUT2D eigenvalue weighted by Gasteiger charge is 2.20. The largest absolute Gasteiger partial charge is 0.354 e. The number of halogens is 2. The summed E-state index contributed by atoms with van der Waals surface area (Å²) >= 11 is 0. The molecule has 2 rings (SSSR count). The highest BCUT2D eigenvalue weighted by atomic mass is 35.5. The molecule has 0 radical (unpaired) electrons. The van der Waals surface area contributed by atoms with Crippen LogP contribution in [0.3, 0.4) is 0 Å². The fraction of sp³-hybridized carbons (Fsp3) is 0.625. The number of hydrogen-bond acceptors (Lipinski definition) is 5. The molecule has 24 heavy (non-hydrogen) atoms. The summed E-state index contributed by atoms with van der Waals surface area (Å²) in [4.78, 5) is 20.9. The van der Waals surface area contributed by atoms with Gasteiger partial charge in [0, 0.05) is 57.4 Å². The summed E-state index contributed by atoms with van der Waals surface area (Å²) in [5, 5.41) is 3.03. The van der Waals surface area contributed by atoms with Crippen LogP contribution in [0.25, 0.3) is 0 Å². The zero-order valence-electron chi connectivity index (χ0n) is 14.4. The average molecular weight is 378 g/mol. The first-order chi connectivity index (χ1) is 10.6. The van der Waals surface area contributed by atoms with Gasteiger partial charge in [0.25, 0.3) is 0 Å².